The zero-order valence-corrected chi connectivity index (χ0v) is 13.8. The monoisotopic (exact) mass is 318 g/mol. The summed E-state index contributed by atoms with van der Waals surface area (Å²) in [5, 5.41) is 0.579. The molecule has 109 valence electrons. The second-order valence-electron chi connectivity index (χ2n) is 4.18. The van der Waals surface area contributed by atoms with E-state index >= 15 is 0 Å². The van der Waals surface area contributed by atoms with Crippen LogP contribution in [0.4, 0.5) is 4.79 Å². The van der Waals surface area contributed by atoms with Crippen LogP contribution in [0.15, 0.2) is 0 Å². The van der Waals surface area contributed by atoms with Gasteiger partial charge in [0.15, 0.2) is 0 Å². The summed E-state index contributed by atoms with van der Waals surface area (Å²) in [5.41, 5.74) is 2.12. The minimum absolute atomic E-state index is 0. The summed E-state index contributed by atoms with van der Waals surface area (Å²) < 4.78 is 34.2. The van der Waals surface area contributed by atoms with Crippen molar-refractivity contribution in [2.24, 2.45) is 0 Å². The molecule has 2 rings (SSSR count). The van der Waals surface area contributed by atoms with Crippen LogP contribution in [0.5, 0.6) is 0 Å². The van der Waals surface area contributed by atoms with Gasteiger partial charge >= 0.3 is 16.4 Å². The third-order valence-corrected chi connectivity index (χ3v) is 3.35. The Bertz CT molecular complexity index is 498. The molecule has 0 aromatic heterocycles. The SMILES string of the molecule is CONC(=O)[C@@H]1CC[C@@H]2CN1C(=O)N2OS(=O)(=O)O.[Na]. The van der Waals surface area contributed by atoms with Crippen LogP contribution in [0.25, 0.3) is 0 Å². The van der Waals surface area contributed by atoms with Gasteiger partial charge in [-0.3, -0.25) is 14.2 Å². The minimum atomic E-state index is -4.77. The summed E-state index contributed by atoms with van der Waals surface area (Å²) in [6, 6.07) is -2.05. The molecule has 2 N–H and O–H groups in total. The van der Waals surface area contributed by atoms with Gasteiger partial charge in [-0.15, -0.1) is 4.28 Å². The molecule has 2 atom stereocenters. The quantitative estimate of drug-likeness (QED) is 0.359. The molecule has 2 aliphatic heterocycles. The molecule has 3 amide bonds. The molecule has 1 radical (unpaired) electrons. The second-order valence-corrected chi connectivity index (χ2v) is 5.18. The van der Waals surface area contributed by atoms with Crippen LogP contribution in [0.3, 0.4) is 0 Å². The first-order valence-corrected chi connectivity index (χ1v) is 6.79. The minimum Gasteiger partial charge on any atom is -0.309 e. The fourth-order valence-corrected chi connectivity index (χ4v) is 2.66. The van der Waals surface area contributed by atoms with E-state index in [4.69, 9.17) is 4.55 Å². The standard InChI is InChI=1S/C8H13N3O7S.Na/c1-17-9-7(12)6-3-2-5-4-10(6)8(13)11(5)18-19(14,15)16;/h5-6H,2-4H2,1H3,(H,9,12)(H,14,15,16);/t5-,6+;/m1./s1. The first-order chi connectivity index (χ1) is 8.83. The van der Waals surface area contributed by atoms with Gasteiger partial charge < -0.3 is 4.90 Å². The van der Waals surface area contributed by atoms with Crippen LogP contribution in [0.1, 0.15) is 12.8 Å². The maximum atomic E-state index is 11.9. The van der Waals surface area contributed by atoms with Gasteiger partial charge in [0.1, 0.15) is 6.04 Å². The number of carbonyl (C=O) groups is 2. The van der Waals surface area contributed by atoms with Crippen molar-refractivity contribution in [1.82, 2.24) is 15.4 Å². The Morgan fingerprint density at radius 1 is 1.45 bits per heavy atom. The normalized spacial score (nSPS) is 25.4. The van der Waals surface area contributed by atoms with E-state index in [2.05, 4.69) is 14.6 Å². The predicted octanol–water partition coefficient (Wildman–Crippen LogP) is -1.71. The number of amides is 3. The molecular weight excluding hydrogens is 305 g/mol. The molecule has 2 heterocycles. The van der Waals surface area contributed by atoms with Crippen LogP contribution >= 0.6 is 0 Å². The molecular formula is C8H13N3NaO7S. The van der Waals surface area contributed by atoms with E-state index in [1.165, 1.54) is 12.0 Å². The first kappa shape index (κ1) is 17.6. The summed E-state index contributed by atoms with van der Waals surface area (Å²) in [5.74, 6) is -0.497. The van der Waals surface area contributed by atoms with Gasteiger partial charge in [0, 0.05) is 36.1 Å². The number of piperidine rings is 1. The van der Waals surface area contributed by atoms with Gasteiger partial charge in [-0.2, -0.15) is 13.5 Å². The van der Waals surface area contributed by atoms with Gasteiger partial charge in [-0.25, -0.2) is 10.3 Å². The predicted molar refractivity (Wildman–Crippen MR) is 64.3 cm³/mol. The zero-order chi connectivity index (χ0) is 14.2. The van der Waals surface area contributed by atoms with Crippen LogP contribution in [0.2, 0.25) is 0 Å². The summed E-state index contributed by atoms with van der Waals surface area (Å²) in [6.45, 7) is 0.149. The fourth-order valence-electron chi connectivity index (χ4n) is 2.27. The Balaban J connectivity index is 0.00000200. The van der Waals surface area contributed by atoms with Crippen molar-refractivity contribution in [2.45, 2.75) is 24.9 Å². The summed E-state index contributed by atoms with van der Waals surface area (Å²) in [7, 11) is -3.51. The molecule has 0 spiro atoms. The maximum Gasteiger partial charge on any atom is 0.418 e. The molecule has 12 heteroatoms. The molecule has 2 saturated heterocycles. The molecule has 10 nitrogen and oxygen atoms in total. The van der Waals surface area contributed by atoms with Crippen molar-refractivity contribution in [3.05, 3.63) is 0 Å². The number of fused-ring (bicyclic) bond motifs is 2. The first-order valence-electron chi connectivity index (χ1n) is 5.43. The molecule has 0 saturated carbocycles. The summed E-state index contributed by atoms with van der Waals surface area (Å²) >= 11 is 0. The van der Waals surface area contributed by atoms with E-state index in [0.717, 1.165) is 0 Å². The average Bonchev–Trinajstić information content (AvgIpc) is 2.53. The maximum absolute atomic E-state index is 11.9. The number of hydrogen-bond donors (Lipinski definition) is 2. The number of rotatable bonds is 4. The molecule has 0 unspecified atom stereocenters. The molecule has 2 bridgehead atoms. The number of hydrogen-bond acceptors (Lipinski definition) is 6. The van der Waals surface area contributed by atoms with Gasteiger partial charge in [0.25, 0.3) is 5.91 Å². The zero-order valence-electron chi connectivity index (χ0n) is 11.0. The Labute approximate surface area is 137 Å². The smallest absolute Gasteiger partial charge is 0.309 e. The Morgan fingerprint density at radius 3 is 2.65 bits per heavy atom. The van der Waals surface area contributed by atoms with E-state index in [0.29, 0.717) is 17.9 Å². The third kappa shape index (κ3) is 3.61. The van der Waals surface area contributed by atoms with E-state index < -0.39 is 34.4 Å². The Morgan fingerprint density at radius 2 is 2.10 bits per heavy atom. The molecule has 0 aromatic carbocycles. The molecule has 2 aliphatic rings. The topological polar surface area (TPSA) is 125 Å². The van der Waals surface area contributed by atoms with E-state index in [-0.39, 0.29) is 36.1 Å². The van der Waals surface area contributed by atoms with Gasteiger partial charge in [0.2, 0.25) is 0 Å². The van der Waals surface area contributed by atoms with Crippen molar-refractivity contribution in [3.8, 4) is 0 Å². The summed E-state index contributed by atoms with van der Waals surface area (Å²) in [6.07, 6.45) is 0.719. The van der Waals surface area contributed by atoms with E-state index in [1.807, 2.05) is 0 Å². The number of urea groups is 1. The molecule has 0 aromatic rings. The number of nitrogens with one attached hydrogen (secondary N) is 1. The van der Waals surface area contributed by atoms with Crippen molar-refractivity contribution in [1.29, 1.82) is 0 Å². The molecule has 20 heavy (non-hydrogen) atoms. The van der Waals surface area contributed by atoms with Gasteiger partial charge in [0.05, 0.1) is 13.2 Å². The van der Waals surface area contributed by atoms with Gasteiger partial charge in [-0.1, -0.05) is 0 Å². The van der Waals surface area contributed by atoms with Crippen LogP contribution in [-0.4, -0.2) is 90.2 Å². The van der Waals surface area contributed by atoms with Gasteiger partial charge in [-0.05, 0) is 12.8 Å². The van der Waals surface area contributed by atoms with Crippen LogP contribution in [0, 0.1) is 0 Å². The number of carbonyl (C=O) groups excluding carboxylic acids is 2. The van der Waals surface area contributed by atoms with E-state index in [9.17, 15) is 18.0 Å². The van der Waals surface area contributed by atoms with Crippen LogP contribution < -0.4 is 5.48 Å². The van der Waals surface area contributed by atoms with Crippen molar-refractivity contribution < 1.29 is 31.7 Å². The molecule has 2 fully saturated rings. The van der Waals surface area contributed by atoms with E-state index in [1.54, 1.807) is 0 Å². The van der Waals surface area contributed by atoms with Crippen LogP contribution in [-0.2, 0) is 24.3 Å². The summed E-state index contributed by atoms with van der Waals surface area (Å²) in [4.78, 5) is 29.2. The van der Waals surface area contributed by atoms with Crippen molar-refractivity contribution >= 4 is 51.9 Å². The largest absolute Gasteiger partial charge is 0.418 e. The Kier molecular flexibility index (Phi) is 5.78. The number of hydroxylamine groups is 3. The third-order valence-electron chi connectivity index (χ3n) is 3.00. The average molecular weight is 318 g/mol. The second kappa shape index (κ2) is 6.56. The van der Waals surface area contributed by atoms with Crippen molar-refractivity contribution in [2.75, 3.05) is 13.7 Å². The number of nitrogens with zero attached hydrogens (tertiary/aromatic N) is 2. The Hall–Kier alpha value is -0.430. The van der Waals surface area contributed by atoms with Crippen molar-refractivity contribution in [3.63, 3.8) is 0 Å². The molecule has 0 aliphatic carbocycles. The fraction of sp³-hybridized carbons (Fsp3) is 0.750.